The zero-order valence-electron chi connectivity index (χ0n) is 13.6. The van der Waals surface area contributed by atoms with E-state index < -0.39 is 6.10 Å². The third-order valence-corrected chi connectivity index (χ3v) is 4.45. The molecule has 1 aromatic carbocycles. The van der Waals surface area contributed by atoms with Crippen molar-refractivity contribution in [3.63, 3.8) is 0 Å². The maximum atomic E-state index is 12.4. The number of hydrogen-bond donors (Lipinski definition) is 1. The van der Waals surface area contributed by atoms with E-state index in [9.17, 15) is 4.79 Å². The molecule has 1 amide bonds. The van der Waals surface area contributed by atoms with E-state index in [1.54, 1.807) is 31.2 Å². The minimum Gasteiger partial charge on any atom is -0.481 e. The van der Waals surface area contributed by atoms with Gasteiger partial charge in [0, 0.05) is 5.54 Å². The van der Waals surface area contributed by atoms with Gasteiger partial charge in [0.05, 0.1) is 11.6 Å². The average Bonchev–Trinajstić information content (AvgIpc) is 2.50. The number of ether oxygens (including phenoxy) is 1. The second-order valence-corrected chi connectivity index (χ2v) is 6.63. The van der Waals surface area contributed by atoms with E-state index in [0.717, 1.165) is 31.6 Å². The molecule has 4 heteroatoms. The van der Waals surface area contributed by atoms with Gasteiger partial charge < -0.3 is 10.1 Å². The van der Waals surface area contributed by atoms with Crippen LogP contribution in [0.3, 0.4) is 0 Å². The Morgan fingerprint density at radius 1 is 1.45 bits per heavy atom. The van der Waals surface area contributed by atoms with E-state index in [1.807, 2.05) is 0 Å². The van der Waals surface area contributed by atoms with Gasteiger partial charge in [-0.05, 0) is 63.6 Å². The summed E-state index contributed by atoms with van der Waals surface area (Å²) in [7, 11) is 0. The molecule has 1 aliphatic carbocycles. The number of amides is 1. The van der Waals surface area contributed by atoms with Crippen LogP contribution >= 0.6 is 0 Å². The number of nitriles is 1. The van der Waals surface area contributed by atoms with E-state index in [4.69, 9.17) is 10.00 Å². The van der Waals surface area contributed by atoms with Crippen LogP contribution in [0, 0.1) is 17.2 Å². The molecule has 2 rings (SSSR count). The van der Waals surface area contributed by atoms with Gasteiger partial charge in [0.25, 0.3) is 5.91 Å². The van der Waals surface area contributed by atoms with E-state index in [2.05, 4.69) is 25.2 Å². The Hall–Kier alpha value is -2.02. The van der Waals surface area contributed by atoms with Crippen LogP contribution in [0.5, 0.6) is 5.75 Å². The molecular weight excluding hydrogens is 276 g/mol. The minimum absolute atomic E-state index is 0.0978. The van der Waals surface area contributed by atoms with E-state index >= 15 is 0 Å². The molecule has 0 saturated heterocycles. The lowest BCUT2D eigenvalue weighted by Crippen LogP contribution is -2.51. The highest BCUT2D eigenvalue weighted by Gasteiger charge is 2.32. The summed E-state index contributed by atoms with van der Waals surface area (Å²) < 4.78 is 5.66. The zero-order valence-corrected chi connectivity index (χ0v) is 13.6. The van der Waals surface area contributed by atoms with Crippen molar-refractivity contribution < 1.29 is 9.53 Å². The van der Waals surface area contributed by atoms with Gasteiger partial charge in [-0.1, -0.05) is 13.0 Å². The van der Waals surface area contributed by atoms with Crippen LogP contribution in [0.15, 0.2) is 24.3 Å². The van der Waals surface area contributed by atoms with Crippen molar-refractivity contribution in [3.8, 4) is 11.8 Å². The highest BCUT2D eigenvalue weighted by atomic mass is 16.5. The molecular formula is C18H24N2O2. The van der Waals surface area contributed by atoms with Crippen molar-refractivity contribution in [2.24, 2.45) is 5.92 Å². The fraction of sp³-hybridized carbons (Fsp3) is 0.556. The molecule has 4 nitrogen and oxygen atoms in total. The van der Waals surface area contributed by atoms with Crippen molar-refractivity contribution in [1.82, 2.24) is 5.32 Å². The quantitative estimate of drug-likeness (QED) is 0.927. The first kappa shape index (κ1) is 16.4. The zero-order chi connectivity index (χ0) is 16.2. The van der Waals surface area contributed by atoms with Gasteiger partial charge in [-0.3, -0.25) is 4.79 Å². The van der Waals surface area contributed by atoms with Crippen LogP contribution in [-0.4, -0.2) is 17.6 Å². The lowest BCUT2D eigenvalue weighted by Gasteiger charge is -2.37. The summed E-state index contributed by atoms with van der Waals surface area (Å²) in [5.74, 6) is 1.19. The van der Waals surface area contributed by atoms with Gasteiger partial charge in [0.2, 0.25) is 0 Å². The fourth-order valence-electron chi connectivity index (χ4n) is 2.82. The van der Waals surface area contributed by atoms with Crippen molar-refractivity contribution in [3.05, 3.63) is 29.8 Å². The van der Waals surface area contributed by atoms with Gasteiger partial charge in [0.15, 0.2) is 6.10 Å². The Bertz CT molecular complexity index is 569. The summed E-state index contributed by atoms with van der Waals surface area (Å²) in [6.45, 7) is 6.11. The summed E-state index contributed by atoms with van der Waals surface area (Å²) in [6, 6.07) is 8.93. The first-order chi connectivity index (χ1) is 10.4. The van der Waals surface area contributed by atoms with Crippen LogP contribution in [0.2, 0.25) is 0 Å². The summed E-state index contributed by atoms with van der Waals surface area (Å²) in [5, 5.41) is 12.0. The monoisotopic (exact) mass is 300 g/mol. The lowest BCUT2D eigenvalue weighted by atomic mass is 9.78. The predicted molar refractivity (Wildman–Crippen MR) is 85.4 cm³/mol. The van der Waals surface area contributed by atoms with Crippen LogP contribution in [0.25, 0.3) is 0 Å². The second kappa shape index (κ2) is 6.83. The molecule has 1 atom stereocenters. The maximum absolute atomic E-state index is 12.4. The number of hydrogen-bond acceptors (Lipinski definition) is 3. The molecule has 0 aromatic heterocycles. The molecule has 118 valence electrons. The molecule has 0 heterocycles. The van der Waals surface area contributed by atoms with Gasteiger partial charge >= 0.3 is 0 Å². The van der Waals surface area contributed by atoms with Crippen molar-refractivity contribution in [2.45, 2.75) is 58.1 Å². The molecule has 1 N–H and O–H groups in total. The number of carbonyl (C=O) groups is 1. The van der Waals surface area contributed by atoms with Crippen molar-refractivity contribution in [2.75, 3.05) is 0 Å². The highest BCUT2D eigenvalue weighted by Crippen LogP contribution is 2.31. The Kier molecular flexibility index (Phi) is 5.07. The van der Waals surface area contributed by atoms with Gasteiger partial charge in [0.1, 0.15) is 5.75 Å². The van der Waals surface area contributed by atoms with Crippen LogP contribution in [-0.2, 0) is 4.79 Å². The number of carbonyl (C=O) groups excluding carboxylic acids is 1. The molecule has 1 aromatic rings. The molecule has 0 aliphatic heterocycles. The van der Waals surface area contributed by atoms with Crippen LogP contribution in [0.4, 0.5) is 0 Å². The number of benzene rings is 1. The van der Waals surface area contributed by atoms with Gasteiger partial charge in [-0.2, -0.15) is 5.26 Å². The lowest BCUT2D eigenvalue weighted by molar-refractivity contribution is -0.129. The smallest absolute Gasteiger partial charge is 0.261 e. The molecule has 0 unspecified atom stereocenters. The van der Waals surface area contributed by atoms with E-state index in [0.29, 0.717) is 11.3 Å². The third kappa shape index (κ3) is 4.24. The van der Waals surface area contributed by atoms with Gasteiger partial charge in [-0.15, -0.1) is 0 Å². The topological polar surface area (TPSA) is 62.1 Å². The standard InChI is InChI=1S/C18H24N2O2/c1-13-7-9-18(3,10-8-13)20-17(21)14(2)22-16-6-4-5-15(11-16)12-19/h4-6,11,13-14H,7-10H2,1-3H3,(H,20,21)/t13?,14-,18?/m0/s1. The van der Waals surface area contributed by atoms with Gasteiger partial charge in [-0.25, -0.2) is 0 Å². The fourth-order valence-corrected chi connectivity index (χ4v) is 2.82. The molecule has 0 bridgehead atoms. The Morgan fingerprint density at radius 3 is 2.77 bits per heavy atom. The number of nitrogens with zero attached hydrogens (tertiary/aromatic N) is 1. The average molecular weight is 300 g/mol. The van der Waals surface area contributed by atoms with Crippen LogP contribution in [0.1, 0.15) is 52.0 Å². The summed E-state index contributed by atoms with van der Waals surface area (Å²) in [6.07, 6.45) is 3.74. The third-order valence-electron chi connectivity index (χ3n) is 4.45. The first-order valence-electron chi connectivity index (χ1n) is 7.91. The highest BCUT2D eigenvalue weighted by molar-refractivity contribution is 5.81. The Labute approximate surface area is 132 Å². The van der Waals surface area contributed by atoms with E-state index in [-0.39, 0.29) is 11.4 Å². The number of nitrogens with one attached hydrogen (secondary N) is 1. The van der Waals surface area contributed by atoms with Crippen LogP contribution < -0.4 is 10.1 Å². The van der Waals surface area contributed by atoms with Crippen molar-refractivity contribution in [1.29, 1.82) is 5.26 Å². The SMILES string of the molecule is CC1CCC(C)(NC(=O)[C@H](C)Oc2cccc(C#N)c2)CC1. The Balaban J connectivity index is 1.93. The Morgan fingerprint density at radius 2 is 2.14 bits per heavy atom. The maximum Gasteiger partial charge on any atom is 0.261 e. The molecule has 1 aliphatic rings. The molecule has 22 heavy (non-hydrogen) atoms. The molecule has 0 spiro atoms. The first-order valence-corrected chi connectivity index (χ1v) is 7.91. The number of rotatable bonds is 4. The minimum atomic E-state index is -0.579. The largest absolute Gasteiger partial charge is 0.481 e. The molecule has 1 fully saturated rings. The normalized spacial score (nSPS) is 25.8. The van der Waals surface area contributed by atoms with E-state index in [1.165, 1.54) is 0 Å². The molecule has 1 saturated carbocycles. The summed E-state index contributed by atoms with van der Waals surface area (Å²) in [4.78, 5) is 12.4. The predicted octanol–water partition coefficient (Wildman–Crippen LogP) is 3.41. The second-order valence-electron chi connectivity index (χ2n) is 6.63. The summed E-state index contributed by atoms with van der Waals surface area (Å²) >= 11 is 0. The summed E-state index contributed by atoms with van der Waals surface area (Å²) in [5.41, 5.74) is 0.397. The molecule has 0 radical (unpaired) electrons. The van der Waals surface area contributed by atoms with Crippen molar-refractivity contribution >= 4 is 5.91 Å².